The highest BCUT2D eigenvalue weighted by Gasteiger charge is 2.01. The van der Waals surface area contributed by atoms with Crippen molar-refractivity contribution in [2.45, 2.75) is 6.92 Å². The van der Waals surface area contributed by atoms with Gasteiger partial charge in [0.2, 0.25) is 0 Å². The molecule has 2 aromatic carbocycles. The van der Waals surface area contributed by atoms with Gasteiger partial charge in [-0.2, -0.15) is 5.26 Å². The van der Waals surface area contributed by atoms with Crippen molar-refractivity contribution in [1.82, 2.24) is 0 Å². The summed E-state index contributed by atoms with van der Waals surface area (Å²) in [4.78, 5) is 2.15. The number of anilines is 1. The maximum absolute atomic E-state index is 8.83. The molecule has 20 heavy (non-hydrogen) atoms. The fraction of sp³-hybridized carbons (Fsp3) is 0.235. The summed E-state index contributed by atoms with van der Waals surface area (Å²) in [5.41, 5.74) is 3.05. The van der Waals surface area contributed by atoms with E-state index in [1.165, 1.54) is 11.3 Å². The van der Waals surface area contributed by atoms with E-state index in [1.807, 2.05) is 19.2 Å². The lowest BCUT2D eigenvalue weighted by Gasteiger charge is -2.19. The van der Waals surface area contributed by atoms with E-state index in [-0.39, 0.29) is 0 Å². The number of nitriles is 1. The van der Waals surface area contributed by atoms with Crippen LogP contribution in [0.4, 0.5) is 5.69 Å². The number of benzene rings is 2. The van der Waals surface area contributed by atoms with E-state index in [2.05, 4.69) is 42.2 Å². The minimum Gasteiger partial charge on any atom is -0.492 e. The van der Waals surface area contributed by atoms with Crippen LogP contribution < -0.4 is 9.64 Å². The molecule has 2 rings (SSSR count). The van der Waals surface area contributed by atoms with Crippen molar-refractivity contribution < 1.29 is 4.74 Å². The van der Waals surface area contributed by atoms with Crippen LogP contribution in [-0.4, -0.2) is 20.2 Å². The van der Waals surface area contributed by atoms with Crippen LogP contribution in [0.1, 0.15) is 11.1 Å². The third-order valence-electron chi connectivity index (χ3n) is 3.13. The molecule has 3 heteroatoms. The smallest absolute Gasteiger partial charge is 0.120 e. The van der Waals surface area contributed by atoms with Gasteiger partial charge in [0, 0.05) is 12.7 Å². The van der Waals surface area contributed by atoms with Crippen molar-refractivity contribution in [3.05, 3.63) is 59.7 Å². The van der Waals surface area contributed by atoms with Gasteiger partial charge in [0.1, 0.15) is 12.4 Å². The lowest BCUT2D eigenvalue weighted by molar-refractivity contribution is 0.326. The van der Waals surface area contributed by atoms with Crippen molar-refractivity contribution in [3.63, 3.8) is 0 Å². The monoisotopic (exact) mass is 266 g/mol. The zero-order valence-electron chi connectivity index (χ0n) is 11.8. The van der Waals surface area contributed by atoms with Gasteiger partial charge in [0.05, 0.1) is 18.2 Å². The fourth-order valence-corrected chi connectivity index (χ4v) is 1.88. The number of ether oxygens (including phenoxy) is 1. The van der Waals surface area contributed by atoms with Gasteiger partial charge in [-0.1, -0.05) is 23.8 Å². The Hall–Kier alpha value is -2.47. The summed E-state index contributed by atoms with van der Waals surface area (Å²) in [6.45, 7) is 3.45. The molecule has 0 bridgehead atoms. The molecule has 102 valence electrons. The molecular weight excluding hydrogens is 248 g/mol. The lowest BCUT2D eigenvalue weighted by atomic mass is 10.2. The largest absolute Gasteiger partial charge is 0.492 e. The van der Waals surface area contributed by atoms with Crippen molar-refractivity contribution in [2.75, 3.05) is 25.1 Å². The summed E-state index contributed by atoms with van der Waals surface area (Å²) in [7, 11) is 2.04. The third kappa shape index (κ3) is 3.76. The van der Waals surface area contributed by atoms with Gasteiger partial charge in [0.25, 0.3) is 0 Å². The average molecular weight is 266 g/mol. The zero-order valence-corrected chi connectivity index (χ0v) is 11.8. The van der Waals surface area contributed by atoms with Gasteiger partial charge in [0.15, 0.2) is 0 Å². The lowest BCUT2D eigenvalue weighted by Crippen LogP contribution is -2.23. The van der Waals surface area contributed by atoms with Gasteiger partial charge >= 0.3 is 0 Å². The minimum absolute atomic E-state index is 0.583. The molecule has 0 heterocycles. The molecule has 0 atom stereocenters. The summed E-state index contributed by atoms with van der Waals surface area (Å²) in [6, 6.07) is 17.7. The quantitative estimate of drug-likeness (QED) is 0.832. The Morgan fingerprint density at radius 1 is 1.15 bits per heavy atom. The van der Waals surface area contributed by atoms with Crippen molar-refractivity contribution in [3.8, 4) is 11.8 Å². The van der Waals surface area contributed by atoms with Gasteiger partial charge in [-0.3, -0.25) is 0 Å². The third-order valence-corrected chi connectivity index (χ3v) is 3.13. The first-order chi connectivity index (χ1) is 9.69. The molecule has 0 fully saturated rings. The maximum Gasteiger partial charge on any atom is 0.120 e. The number of likely N-dealkylation sites (N-methyl/N-ethyl adjacent to an activating group) is 1. The topological polar surface area (TPSA) is 36.3 Å². The molecule has 2 aromatic rings. The molecule has 0 aliphatic heterocycles. The summed E-state index contributed by atoms with van der Waals surface area (Å²) in [5, 5.41) is 8.83. The number of hydrogen-bond donors (Lipinski definition) is 0. The standard InChI is InChI=1S/C17H18N2O/c1-14-6-8-16(9-7-14)19(2)10-11-20-17-5-3-4-15(12-17)13-18/h3-9,12H,10-11H2,1-2H3. The summed E-state index contributed by atoms with van der Waals surface area (Å²) in [5.74, 6) is 0.737. The second-order valence-corrected chi connectivity index (χ2v) is 4.75. The van der Waals surface area contributed by atoms with Crippen molar-refractivity contribution in [2.24, 2.45) is 0 Å². The Balaban J connectivity index is 1.86. The SMILES string of the molecule is Cc1ccc(N(C)CCOc2cccc(C#N)c2)cc1. The molecule has 0 saturated carbocycles. The van der Waals surface area contributed by atoms with E-state index in [9.17, 15) is 0 Å². The molecule has 0 spiro atoms. The predicted molar refractivity (Wildman–Crippen MR) is 81.1 cm³/mol. The fourth-order valence-electron chi connectivity index (χ4n) is 1.88. The highest BCUT2D eigenvalue weighted by molar-refractivity contribution is 5.46. The summed E-state index contributed by atoms with van der Waals surface area (Å²) in [6.07, 6.45) is 0. The van der Waals surface area contributed by atoms with Crippen molar-refractivity contribution >= 4 is 5.69 Å². The van der Waals surface area contributed by atoms with E-state index in [4.69, 9.17) is 10.00 Å². The molecule has 0 amide bonds. The molecule has 0 aromatic heterocycles. The first kappa shape index (κ1) is 14.0. The Morgan fingerprint density at radius 2 is 1.90 bits per heavy atom. The molecular formula is C17H18N2O. The van der Waals surface area contributed by atoms with E-state index in [0.717, 1.165) is 12.3 Å². The van der Waals surface area contributed by atoms with E-state index < -0.39 is 0 Å². The zero-order chi connectivity index (χ0) is 14.4. The number of nitrogens with zero attached hydrogens (tertiary/aromatic N) is 2. The highest BCUT2D eigenvalue weighted by Crippen LogP contribution is 2.15. The Labute approximate surface area is 120 Å². The predicted octanol–water partition coefficient (Wildman–Crippen LogP) is 3.38. The Kier molecular flexibility index (Phi) is 4.62. The molecule has 0 aliphatic rings. The number of aryl methyl sites for hydroxylation is 1. The van der Waals surface area contributed by atoms with E-state index in [0.29, 0.717) is 12.2 Å². The second-order valence-electron chi connectivity index (χ2n) is 4.75. The summed E-state index contributed by atoms with van der Waals surface area (Å²) < 4.78 is 5.67. The molecule has 3 nitrogen and oxygen atoms in total. The Morgan fingerprint density at radius 3 is 2.60 bits per heavy atom. The highest BCUT2D eigenvalue weighted by atomic mass is 16.5. The molecule has 0 aliphatic carbocycles. The maximum atomic E-state index is 8.83. The first-order valence-corrected chi connectivity index (χ1v) is 6.60. The summed E-state index contributed by atoms with van der Waals surface area (Å²) >= 11 is 0. The average Bonchev–Trinajstić information content (AvgIpc) is 2.48. The van der Waals surface area contributed by atoms with Gasteiger partial charge < -0.3 is 9.64 Å². The Bertz CT molecular complexity index is 599. The van der Waals surface area contributed by atoms with Gasteiger partial charge in [-0.05, 0) is 37.3 Å². The van der Waals surface area contributed by atoms with Crippen LogP contribution in [0.25, 0.3) is 0 Å². The normalized spacial score (nSPS) is 9.85. The second kappa shape index (κ2) is 6.63. The number of hydrogen-bond acceptors (Lipinski definition) is 3. The van der Waals surface area contributed by atoms with Crippen molar-refractivity contribution in [1.29, 1.82) is 5.26 Å². The van der Waals surface area contributed by atoms with E-state index >= 15 is 0 Å². The molecule has 0 N–H and O–H groups in total. The van der Waals surface area contributed by atoms with Crippen LogP contribution in [0.5, 0.6) is 5.75 Å². The van der Waals surface area contributed by atoms with Crippen LogP contribution in [0, 0.1) is 18.3 Å². The van der Waals surface area contributed by atoms with Crippen LogP contribution >= 0.6 is 0 Å². The van der Waals surface area contributed by atoms with Crippen LogP contribution in [0.3, 0.4) is 0 Å². The van der Waals surface area contributed by atoms with Gasteiger partial charge in [-0.25, -0.2) is 0 Å². The molecule has 0 radical (unpaired) electrons. The minimum atomic E-state index is 0.583. The van der Waals surface area contributed by atoms with Crippen LogP contribution in [0.15, 0.2) is 48.5 Å². The molecule has 0 saturated heterocycles. The molecule has 0 unspecified atom stereocenters. The van der Waals surface area contributed by atoms with Gasteiger partial charge in [-0.15, -0.1) is 0 Å². The van der Waals surface area contributed by atoms with E-state index in [1.54, 1.807) is 12.1 Å². The van der Waals surface area contributed by atoms with Crippen LogP contribution in [0.2, 0.25) is 0 Å². The first-order valence-electron chi connectivity index (χ1n) is 6.60. The van der Waals surface area contributed by atoms with Crippen LogP contribution in [-0.2, 0) is 0 Å². The number of rotatable bonds is 5.